The molecule has 0 heterocycles. The van der Waals surface area contributed by atoms with Gasteiger partial charge in [0.15, 0.2) is 0 Å². The molecule has 1 unspecified atom stereocenters. The highest BCUT2D eigenvalue weighted by atomic mass is 16.6. The highest BCUT2D eigenvalue weighted by Gasteiger charge is 2.26. The van der Waals surface area contributed by atoms with Crippen molar-refractivity contribution in [3.63, 3.8) is 0 Å². The fraction of sp³-hybridized carbons (Fsp3) is 0.533. The van der Waals surface area contributed by atoms with Crippen LogP contribution in [-0.4, -0.2) is 30.5 Å². The molecule has 4 N–H and O–H groups in total. The molecule has 0 aliphatic rings. The first-order valence-corrected chi connectivity index (χ1v) is 6.70. The van der Waals surface area contributed by atoms with Crippen LogP contribution in [0.15, 0.2) is 18.2 Å². The summed E-state index contributed by atoms with van der Waals surface area (Å²) in [5, 5.41) is 12.9. The molecule has 1 aromatic rings. The largest absolute Gasteiger partial charge is 0.496 e. The number of nitrogens with one attached hydrogen (secondary N) is 1. The van der Waals surface area contributed by atoms with Gasteiger partial charge in [-0.05, 0) is 45.9 Å². The van der Waals surface area contributed by atoms with E-state index in [-0.39, 0.29) is 6.54 Å². The summed E-state index contributed by atoms with van der Waals surface area (Å²) in [5.41, 5.74) is 4.74. The molecule has 118 valence electrons. The predicted octanol–water partition coefficient (Wildman–Crippen LogP) is 2.21. The molecule has 21 heavy (non-hydrogen) atoms. The summed E-state index contributed by atoms with van der Waals surface area (Å²) in [4.78, 5) is 11.8. The molecular formula is C15H24N2O4. The number of ether oxygens (including phenoxy) is 2. The molecule has 0 aliphatic carbocycles. The predicted molar refractivity (Wildman–Crippen MR) is 81.5 cm³/mol. The second-order valence-corrected chi connectivity index (χ2v) is 6.02. The maximum absolute atomic E-state index is 11.8. The fourth-order valence-electron chi connectivity index (χ4n) is 1.74. The Balaban J connectivity index is 3.01. The highest BCUT2D eigenvalue weighted by molar-refractivity contribution is 5.85. The quantitative estimate of drug-likeness (QED) is 0.792. The Labute approximate surface area is 125 Å². The Morgan fingerprint density at radius 3 is 2.43 bits per heavy atom. The van der Waals surface area contributed by atoms with Crippen LogP contribution in [0.25, 0.3) is 0 Å². The second kappa shape index (κ2) is 6.32. The van der Waals surface area contributed by atoms with E-state index < -0.39 is 17.3 Å². The number of carbonyl (C=O) groups excluding carboxylic acids is 1. The van der Waals surface area contributed by atoms with Crippen molar-refractivity contribution in [2.24, 2.45) is 5.73 Å². The van der Waals surface area contributed by atoms with Crippen molar-refractivity contribution < 1.29 is 19.4 Å². The van der Waals surface area contributed by atoms with Crippen LogP contribution in [0.4, 0.5) is 10.5 Å². The molecule has 0 spiro atoms. The van der Waals surface area contributed by atoms with E-state index in [0.29, 0.717) is 17.0 Å². The third-order valence-corrected chi connectivity index (χ3v) is 2.82. The van der Waals surface area contributed by atoms with Crippen molar-refractivity contribution in [2.75, 3.05) is 19.0 Å². The van der Waals surface area contributed by atoms with Gasteiger partial charge in [0.2, 0.25) is 0 Å². The van der Waals surface area contributed by atoms with E-state index in [9.17, 15) is 9.90 Å². The highest BCUT2D eigenvalue weighted by Crippen LogP contribution is 2.31. The maximum atomic E-state index is 11.8. The lowest BCUT2D eigenvalue weighted by Gasteiger charge is -2.25. The van der Waals surface area contributed by atoms with Gasteiger partial charge in [0.1, 0.15) is 17.0 Å². The minimum absolute atomic E-state index is 0.0270. The van der Waals surface area contributed by atoms with E-state index in [1.807, 2.05) is 0 Å². The van der Waals surface area contributed by atoms with Gasteiger partial charge in [-0.15, -0.1) is 0 Å². The molecule has 0 fully saturated rings. The number of benzene rings is 1. The molecule has 1 atom stereocenters. The first-order chi connectivity index (χ1) is 9.59. The van der Waals surface area contributed by atoms with Crippen LogP contribution in [0.1, 0.15) is 33.3 Å². The summed E-state index contributed by atoms with van der Waals surface area (Å²) in [6, 6.07) is 4.95. The zero-order chi connectivity index (χ0) is 16.3. The molecule has 6 nitrogen and oxygen atoms in total. The molecule has 0 saturated heterocycles. The van der Waals surface area contributed by atoms with Gasteiger partial charge in [0.05, 0.1) is 7.11 Å². The Morgan fingerprint density at radius 2 is 1.95 bits per heavy atom. The van der Waals surface area contributed by atoms with Crippen molar-refractivity contribution in [3.8, 4) is 5.75 Å². The minimum atomic E-state index is -1.25. The summed E-state index contributed by atoms with van der Waals surface area (Å²) in [6.45, 7) is 6.96. The molecule has 0 bridgehead atoms. The first kappa shape index (κ1) is 17.3. The molecule has 1 aromatic carbocycles. The smallest absolute Gasteiger partial charge is 0.412 e. The number of aliphatic hydroxyl groups is 1. The normalized spacial score (nSPS) is 14.2. The average molecular weight is 296 g/mol. The van der Waals surface area contributed by atoms with Gasteiger partial charge < -0.3 is 20.3 Å². The van der Waals surface area contributed by atoms with Crippen LogP contribution in [0, 0.1) is 0 Å². The average Bonchev–Trinajstić information content (AvgIpc) is 2.36. The maximum Gasteiger partial charge on any atom is 0.412 e. The topological polar surface area (TPSA) is 93.8 Å². The Bertz CT molecular complexity index is 507. The van der Waals surface area contributed by atoms with Crippen molar-refractivity contribution in [1.29, 1.82) is 0 Å². The summed E-state index contributed by atoms with van der Waals surface area (Å²) in [6.07, 6.45) is -0.564. The molecule has 0 aliphatic heterocycles. The monoisotopic (exact) mass is 296 g/mol. The summed E-state index contributed by atoms with van der Waals surface area (Å²) < 4.78 is 10.4. The van der Waals surface area contributed by atoms with Gasteiger partial charge in [0, 0.05) is 17.8 Å². The number of hydrogen-bond donors (Lipinski definition) is 3. The van der Waals surface area contributed by atoms with Crippen molar-refractivity contribution in [1.82, 2.24) is 0 Å². The Morgan fingerprint density at radius 1 is 1.33 bits per heavy atom. The van der Waals surface area contributed by atoms with E-state index in [1.165, 1.54) is 7.11 Å². The molecule has 6 heteroatoms. The van der Waals surface area contributed by atoms with Gasteiger partial charge in [-0.1, -0.05) is 0 Å². The molecule has 0 radical (unpaired) electrons. The van der Waals surface area contributed by atoms with Gasteiger partial charge >= 0.3 is 6.09 Å². The number of rotatable bonds is 4. The van der Waals surface area contributed by atoms with Gasteiger partial charge in [0.25, 0.3) is 0 Å². The van der Waals surface area contributed by atoms with Crippen LogP contribution in [0.5, 0.6) is 5.75 Å². The zero-order valence-electron chi connectivity index (χ0n) is 13.2. The van der Waals surface area contributed by atoms with E-state index in [2.05, 4.69) is 5.32 Å². The SMILES string of the molecule is COc1ccc(NC(=O)OC(C)(C)C)cc1C(C)(O)CN. The molecule has 0 saturated carbocycles. The van der Waals surface area contributed by atoms with Crippen LogP contribution in [0.3, 0.4) is 0 Å². The van der Waals surface area contributed by atoms with E-state index in [4.69, 9.17) is 15.2 Å². The lowest BCUT2D eigenvalue weighted by molar-refractivity contribution is 0.0622. The third-order valence-electron chi connectivity index (χ3n) is 2.82. The van der Waals surface area contributed by atoms with E-state index >= 15 is 0 Å². The zero-order valence-corrected chi connectivity index (χ0v) is 13.2. The van der Waals surface area contributed by atoms with Crippen LogP contribution in [0.2, 0.25) is 0 Å². The number of methoxy groups -OCH3 is 1. The second-order valence-electron chi connectivity index (χ2n) is 6.02. The van der Waals surface area contributed by atoms with Gasteiger partial charge in [-0.3, -0.25) is 5.32 Å². The third kappa shape index (κ3) is 4.91. The van der Waals surface area contributed by atoms with Crippen LogP contribution >= 0.6 is 0 Å². The van der Waals surface area contributed by atoms with Crippen LogP contribution < -0.4 is 15.8 Å². The summed E-state index contributed by atoms with van der Waals surface area (Å²) in [5.74, 6) is 0.500. The lowest BCUT2D eigenvalue weighted by atomic mass is 9.94. The van der Waals surface area contributed by atoms with Crippen molar-refractivity contribution >= 4 is 11.8 Å². The van der Waals surface area contributed by atoms with E-state index in [0.717, 1.165) is 0 Å². The minimum Gasteiger partial charge on any atom is -0.496 e. The first-order valence-electron chi connectivity index (χ1n) is 6.70. The molecule has 1 amide bonds. The van der Waals surface area contributed by atoms with Gasteiger partial charge in [-0.25, -0.2) is 4.79 Å². The Kier molecular flexibility index (Phi) is 5.20. The lowest BCUT2D eigenvalue weighted by Crippen LogP contribution is -2.32. The van der Waals surface area contributed by atoms with E-state index in [1.54, 1.807) is 45.9 Å². The summed E-state index contributed by atoms with van der Waals surface area (Å²) in [7, 11) is 1.51. The van der Waals surface area contributed by atoms with Crippen molar-refractivity contribution in [2.45, 2.75) is 38.9 Å². The number of anilines is 1. The van der Waals surface area contributed by atoms with Gasteiger partial charge in [-0.2, -0.15) is 0 Å². The molecule has 1 rings (SSSR count). The number of carbonyl (C=O) groups is 1. The number of nitrogens with two attached hydrogens (primary N) is 1. The number of hydrogen-bond acceptors (Lipinski definition) is 5. The fourth-order valence-corrected chi connectivity index (χ4v) is 1.74. The van der Waals surface area contributed by atoms with Crippen LogP contribution in [-0.2, 0) is 10.3 Å². The number of amides is 1. The molecule has 0 aromatic heterocycles. The summed E-state index contributed by atoms with van der Waals surface area (Å²) >= 11 is 0. The Hall–Kier alpha value is -1.79. The van der Waals surface area contributed by atoms with Crippen molar-refractivity contribution in [3.05, 3.63) is 23.8 Å². The standard InChI is InChI=1S/C15H24N2O4/c1-14(2,3)21-13(18)17-10-6-7-12(20-5)11(8-10)15(4,19)9-16/h6-8,19H,9,16H2,1-5H3,(H,17,18). The molecular weight excluding hydrogens is 272 g/mol.